The van der Waals surface area contributed by atoms with Gasteiger partial charge in [0.15, 0.2) is 0 Å². The van der Waals surface area contributed by atoms with Crippen molar-refractivity contribution in [2.75, 3.05) is 6.54 Å². The molecule has 7 heteroatoms. The second kappa shape index (κ2) is 6.21. The van der Waals surface area contributed by atoms with E-state index in [0.29, 0.717) is 11.4 Å². The molecule has 22 heavy (non-hydrogen) atoms. The predicted molar refractivity (Wildman–Crippen MR) is 78.2 cm³/mol. The van der Waals surface area contributed by atoms with Gasteiger partial charge in [0.25, 0.3) is 0 Å². The molecule has 1 unspecified atom stereocenters. The van der Waals surface area contributed by atoms with Gasteiger partial charge in [-0.05, 0) is 55.7 Å². The summed E-state index contributed by atoms with van der Waals surface area (Å²) in [4.78, 5) is 15.5. The Morgan fingerprint density at radius 1 is 1.32 bits per heavy atom. The molecule has 3 rings (SSSR count). The molecule has 116 valence electrons. The van der Waals surface area contributed by atoms with Crippen molar-refractivity contribution in [3.05, 3.63) is 30.1 Å². The maximum atomic E-state index is 12.9. The van der Waals surface area contributed by atoms with Gasteiger partial charge in [0.05, 0.1) is 0 Å². The van der Waals surface area contributed by atoms with E-state index >= 15 is 0 Å². The summed E-state index contributed by atoms with van der Waals surface area (Å²) in [6.45, 7) is 2.94. The lowest BCUT2D eigenvalue weighted by Crippen LogP contribution is -2.43. The Labute approximate surface area is 127 Å². The summed E-state index contributed by atoms with van der Waals surface area (Å²) in [5.74, 6) is 0.0835. The number of nitrogens with zero attached hydrogens (tertiary/aromatic N) is 5. The normalized spacial score (nSPS) is 18.5. The van der Waals surface area contributed by atoms with Crippen LogP contribution in [-0.2, 0) is 11.3 Å². The van der Waals surface area contributed by atoms with Gasteiger partial charge in [0.1, 0.15) is 12.4 Å². The minimum absolute atomic E-state index is 0.00950. The molecule has 1 aromatic heterocycles. The quantitative estimate of drug-likeness (QED) is 0.868. The summed E-state index contributed by atoms with van der Waals surface area (Å²) >= 11 is 0. The van der Waals surface area contributed by atoms with E-state index in [0.717, 1.165) is 19.4 Å². The Kier molecular flexibility index (Phi) is 4.13. The third-order valence-electron chi connectivity index (χ3n) is 3.96. The highest BCUT2D eigenvalue weighted by molar-refractivity contribution is 5.76. The van der Waals surface area contributed by atoms with E-state index in [4.69, 9.17) is 0 Å². The number of benzene rings is 1. The van der Waals surface area contributed by atoms with E-state index in [2.05, 4.69) is 22.3 Å². The van der Waals surface area contributed by atoms with Crippen LogP contribution in [0.25, 0.3) is 11.4 Å². The van der Waals surface area contributed by atoms with Gasteiger partial charge in [0.2, 0.25) is 11.7 Å². The number of amides is 1. The molecule has 1 aromatic carbocycles. The fourth-order valence-corrected chi connectivity index (χ4v) is 2.71. The fourth-order valence-electron chi connectivity index (χ4n) is 2.71. The number of halogens is 1. The van der Waals surface area contributed by atoms with E-state index in [1.807, 2.05) is 4.90 Å². The molecule has 1 atom stereocenters. The molecule has 2 aromatic rings. The molecule has 1 aliphatic heterocycles. The second-order valence-corrected chi connectivity index (χ2v) is 5.58. The minimum atomic E-state index is -0.314. The SMILES string of the molecule is CC1CCCCN1C(=O)Cn1nnc(-c2ccc(F)cc2)n1. The average molecular weight is 303 g/mol. The van der Waals surface area contributed by atoms with Gasteiger partial charge in [-0.1, -0.05) is 0 Å². The van der Waals surface area contributed by atoms with E-state index in [1.54, 1.807) is 12.1 Å². The summed E-state index contributed by atoms with van der Waals surface area (Å²) in [6, 6.07) is 6.13. The van der Waals surface area contributed by atoms with Crippen LogP contribution in [0.3, 0.4) is 0 Å². The van der Waals surface area contributed by atoms with Crippen LogP contribution in [0.5, 0.6) is 0 Å². The van der Waals surface area contributed by atoms with Crippen LogP contribution < -0.4 is 0 Å². The van der Waals surface area contributed by atoms with Crippen molar-refractivity contribution < 1.29 is 9.18 Å². The molecule has 0 radical (unpaired) electrons. The molecule has 0 aliphatic carbocycles. The topological polar surface area (TPSA) is 63.9 Å². The van der Waals surface area contributed by atoms with Gasteiger partial charge < -0.3 is 4.90 Å². The number of carbonyl (C=O) groups excluding carboxylic acids is 1. The minimum Gasteiger partial charge on any atom is -0.338 e. The Morgan fingerprint density at radius 2 is 2.09 bits per heavy atom. The number of aromatic nitrogens is 4. The molecule has 2 heterocycles. The van der Waals surface area contributed by atoms with Gasteiger partial charge >= 0.3 is 0 Å². The number of hydrogen-bond acceptors (Lipinski definition) is 4. The third-order valence-corrected chi connectivity index (χ3v) is 3.96. The number of likely N-dealkylation sites (tertiary alicyclic amines) is 1. The van der Waals surface area contributed by atoms with Crippen LogP contribution in [-0.4, -0.2) is 43.6 Å². The zero-order chi connectivity index (χ0) is 15.5. The Morgan fingerprint density at radius 3 is 2.82 bits per heavy atom. The first-order valence-electron chi connectivity index (χ1n) is 7.47. The van der Waals surface area contributed by atoms with Crippen LogP contribution in [0.2, 0.25) is 0 Å². The van der Waals surface area contributed by atoms with Gasteiger partial charge in [-0.2, -0.15) is 4.80 Å². The van der Waals surface area contributed by atoms with Crippen LogP contribution in [0.15, 0.2) is 24.3 Å². The first-order valence-corrected chi connectivity index (χ1v) is 7.47. The first kappa shape index (κ1) is 14.6. The van der Waals surface area contributed by atoms with E-state index in [1.165, 1.54) is 23.4 Å². The van der Waals surface area contributed by atoms with Crippen LogP contribution in [0.4, 0.5) is 4.39 Å². The van der Waals surface area contributed by atoms with Gasteiger partial charge in [-0.15, -0.1) is 10.2 Å². The van der Waals surface area contributed by atoms with E-state index < -0.39 is 0 Å². The third kappa shape index (κ3) is 3.13. The summed E-state index contributed by atoms with van der Waals surface area (Å²) in [6.07, 6.45) is 3.25. The lowest BCUT2D eigenvalue weighted by molar-refractivity contribution is -0.135. The number of piperidine rings is 1. The Bertz CT molecular complexity index is 654. The summed E-state index contributed by atoms with van der Waals surface area (Å²) < 4.78 is 12.9. The zero-order valence-corrected chi connectivity index (χ0v) is 12.4. The largest absolute Gasteiger partial charge is 0.338 e. The summed E-state index contributed by atoms with van der Waals surface area (Å²) in [5, 5.41) is 12.0. The molecule has 1 fully saturated rings. The molecule has 1 saturated heterocycles. The van der Waals surface area contributed by atoms with Gasteiger partial charge in [-0.3, -0.25) is 4.79 Å². The Balaban J connectivity index is 1.68. The number of rotatable bonds is 3. The van der Waals surface area contributed by atoms with E-state index in [9.17, 15) is 9.18 Å². The molecule has 0 N–H and O–H groups in total. The molecule has 1 aliphatic rings. The monoisotopic (exact) mass is 303 g/mol. The number of hydrogen-bond donors (Lipinski definition) is 0. The van der Waals surface area contributed by atoms with Crippen molar-refractivity contribution in [2.45, 2.75) is 38.8 Å². The average Bonchev–Trinajstić information content (AvgIpc) is 2.97. The van der Waals surface area contributed by atoms with Crippen molar-refractivity contribution >= 4 is 5.91 Å². The molecule has 0 bridgehead atoms. The summed E-state index contributed by atoms with van der Waals surface area (Å²) in [7, 11) is 0. The number of carbonyl (C=O) groups is 1. The fraction of sp³-hybridized carbons (Fsp3) is 0.467. The Hall–Kier alpha value is -2.31. The van der Waals surface area contributed by atoms with Crippen molar-refractivity contribution in [3.8, 4) is 11.4 Å². The lowest BCUT2D eigenvalue weighted by atomic mass is 10.0. The van der Waals surface area contributed by atoms with Crippen molar-refractivity contribution in [1.29, 1.82) is 0 Å². The molecule has 0 spiro atoms. The highest BCUT2D eigenvalue weighted by atomic mass is 19.1. The predicted octanol–water partition coefficient (Wildman–Crippen LogP) is 1.88. The molecular weight excluding hydrogens is 285 g/mol. The highest BCUT2D eigenvalue weighted by Gasteiger charge is 2.23. The molecule has 0 saturated carbocycles. The van der Waals surface area contributed by atoms with Crippen LogP contribution >= 0.6 is 0 Å². The molecule has 1 amide bonds. The second-order valence-electron chi connectivity index (χ2n) is 5.58. The molecular formula is C15H18FN5O. The zero-order valence-electron chi connectivity index (χ0n) is 12.4. The molecule has 6 nitrogen and oxygen atoms in total. The van der Waals surface area contributed by atoms with E-state index in [-0.39, 0.29) is 24.3 Å². The number of tetrazole rings is 1. The van der Waals surface area contributed by atoms with Crippen LogP contribution in [0, 0.1) is 5.82 Å². The van der Waals surface area contributed by atoms with Crippen molar-refractivity contribution in [3.63, 3.8) is 0 Å². The maximum absolute atomic E-state index is 12.9. The van der Waals surface area contributed by atoms with Gasteiger partial charge in [-0.25, -0.2) is 4.39 Å². The van der Waals surface area contributed by atoms with Crippen LogP contribution in [0.1, 0.15) is 26.2 Å². The highest BCUT2D eigenvalue weighted by Crippen LogP contribution is 2.17. The smallest absolute Gasteiger partial charge is 0.246 e. The van der Waals surface area contributed by atoms with Gasteiger partial charge in [0, 0.05) is 18.2 Å². The van der Waals surface area contributed by atoms with Crippen molar-refractivity contribution in [1.82, 2.24) is 25.1 Å². The maximum Gasteiger partial charge on any atom is 0.246 e. The standard InChI is InChI=1S/C15H18FN5O/c1-11-4-2-3-9-20(11)14(22)10-21-18-15(17-19-21)12-5-7-13(16)8-6-12/h5-8,11H,2-4,9-10H2,1H3. The van der Waals surface area contributed by atoms with Crippen molar-refractivity contribution in [2.24, 2.45) is 0 Å². The lowest BCUT2D eigenvalue weighted by Gasteiger charge is -2.33. The summed E-state index contributed by atoms with van der Waals surface area (Å²) in [5.41, 5.74) is 0.673. The first-order chi connectivity index (χ1) is 10.6.